The number of nitrogens with zero attached hydrogens (tertiary/aromatic N) is 4. The van der Waals surface area contributed by atoms with Gasteiger partial charge in [0, 0.05) is 25.6 Å². The first-order valence-electron chi connectivity index (χ1n) is 6.88. The van der Waals surface area contributed by atoms with Crippen molar-refractivity contribution in [1.82, 2.24) is 19.5 Å². The fourth-order valence-corrected chi connectivity index (χ4v) is 3.46. The van der Waals surface area contributed by atoms with Crippen LogP contribution >= 0.6 is 11.3 Å². The molecule has 112 valence electrons. The summed E-state index contributed by atoms with van der Waals surface area (Å²) in [5, 5.41) is 12.8. The minimum atomic E-state index is -0.746. The van der Waals surface area contributed by atoms with Gasteiger partial charge in [-0.15, -0.1) is 0 Å². The molecule has 1 unspecified atom stereocenters. The second-order valence-electron chi connectivity index (χ2n) is 5.36. The molecule has 2 aromatic rings. The Morgan fingerprint density at radius 2 is 2.38 bits per heavy atom. The molecule has 8 heteroatoms. The normalized spacial score (nSPS) is 19.9. The zero-order valence-electron chi connectivity index (χ0n) is 11.4. The molecule has 0 bridgehead atoms. The lowest BCUT2D eigenvalue weighted by Gasteiger charge is -2.31. The molecule has 1 fully saturated rings. The van der Waals surface area contributed by atoms with Crippen molar-refractivity contribution in [3.05, 3.63) is 27.6 Å². The molecule has 1 atom stereocenters. The Hall–Kier alpha value is -1.80. The van der Waals surface area contributed by atoms with Crippen LogP contribution in [0.1, 0.15) is 25.0 Å². The quantitative estimate of drug-likeness (QED) is 0.900. The van der Waals surface area contributed by atoms with Crippen molar-refractivity contribution in [3.63, 3.8) is 0 Å². The molecule has 21 heavy (non-hydrogen) atoms. The average molecular weight is 308 g/mol. The van der Waals surface area contributed by atoms with Crippen LogP contribution in [0.2, 0.25) is 0 Å². The minimum absolute atomic E-state index is 0.171. The van der Waals surface area contributed by atoms with E-state index in [9.17, 15) is 9.59 Å². The van der Waals surface area contributed by atoms with E-state index in [4.69, 9.17) is 5.11 Å². The average Bonchev–Trinajstić information content (AvgIpc) is 2.87. The second kappa shape index (κ2) is 5.90. The van der Waals surface area contributed by atoms with Crippen molar-refractivity contribution in [1.29, 1.82) is 0 Å². The number of aromatic nitrogens is 3. The van der Waals surface area contributed by atoms with Gasteiger partial charge in [0.15, 0.2) is 0 Å². The molecule has 3 heterocycles. The SMILES string of the molecule is O=C(O)CC1CCCN(Cc2cc(=O)n3ncsc3n2)C1. The number of hydrogen-bond acceptors (Lipinski definition) is 6. The predicted octanol–water partition coefficient (Wildman–Crippen LogP) is 0.838. The van der Waals surface area contributed by atoms with Crippen LogP contribution in [-0.2, 0) is 11.3 Å². The van der Waals surface area contributed by atoms with Gasteiger partial charge in [0.1, 0.15) is 5.51 Å². The highest BCUT2D eigenvalue weighted by atomic mass is 32.1. The van der Waals surface area contributed by atoms with Crippen LogP contribution < -0.4 is 5.56 Å². The first kappa shape index (κ1) is 14.2. The summed E-state index contributed by atoms with van der Waals surface area (Å²) in [6, 6.07) is 1.51. The number of rotatable bonds is 4. The first-order valence-corrected chi connectivity index (χ1v) is 7.76. The number of carbonyl (C=O) groups is 1. The smallest absolute Gasteiger partial charge is 0.303 e. The minimum Gasteiger partial charge on any atom is -0.481 e. The second-order valence-corrected chi connectivity index (χ2v) is 6.17. The van der Waals surface area contributed by atoms with Crippen molar-refractivity contribution >= 4 is 22.3 Å². The third-order valence-electron chi connectivity index (χ3n) is 3.69. The van der Waals surface area contributed by atoms with Gasteiger partial charge < -0.3 is 5.11 Å². The van der Waals surface area contributed by atoms with Gasteiger partial charge in [0.2, 0.25) is 4.96 Å². The summed E-state index contributed by atoms with van der Waals surface area (Å²) in [4.78, 5) is 29.9. The van der Waals surface area contributed by atoms with Crippen LogP contribution in [-0.4, -0.2) is 43.7 Å². The molecule has 0 saturated carbocycles. The third-order valence-corrected chi connectivity index (χ3v) is 4.37. The molecule has 1 N–H and O–H groups in total. The number of piperidine rings is 1. The van der Waals surface area contributed by atoms with Crippen LogP contribution in [0.25, 0.3) is 4.96 Å². The molecule has 7 nitrogen and oxygen atoms in total. The third kappa shape index (κ3) is 3.27. The molecule has 0 spiro atoms. The van der Waals surface area contributed by atoms with Crippen molar-refractivity contribution in [2.75, 3.05) is 13.1 Å². The Bertz CT molecular complexity index is 711. The lowest BCUT2D eigenvalue weighted by atomic mass is 9.95. The van der Waals surface area contributed by atoms with E-state index in [1.165, 1.54) is 21.9 Å². The van der Waals surface area contributed by atoms with Crippen LogP contribution in [0.3, 0.4) is 0 Å². The molecule has 0 aliphatic carbocycles. The van der Waals surface area contributed by atoms with Gasteiger partial charge in [-0.1, -0.05) is 11.3 Å². The summed E-state index contributed by atoms with van der Waals surface area (Å²) in [7, 11) is 0. The molecule has 2 aromatic heterocycles. The molecule has 0 radical (unpaired) electrons. The maximum absolute atomic E-state index is 11.9. The van der Waals surface area contributed by atoms with Crippen LogP contribution in [0.4, 0.5) is 0 Å². The fourth-order valence-electron chi connectivity index (χ4n) is 2.82. The molecular formula is C13H16N4O3S. The van der Waals surface area contributed by atoms with E-state index < -0.39 is 5.97 Å². The fraction of sp³-hybridized carbons (Fsp3) is 0.538. The molecular weight excluding hydrogens is 292 g/mol. The summed E-state index contributed by atoms with van der Waals surface area (Å²) < 4.78 is 1.29. The Balaban J connectivity index is 1.72. The molecule has 1 aliphatic rings. The summed E-state index contributed by atoms with van der Waals surface area (Å²) in [6.45, 7) is 2.25. The highest BCUT2D eigenvalue weighted by molar-refractivity contribution is 7.14. The Labute approximate surface area is 124 Å². The Morgan fingerprint density at radius 3 is 3.19 bits per heavy atom. The van der Waals surface area contributed by atoms with E-state index in [0.717, 1.165) is 31.6 Å². The molecule has 1 saturated heterocycles. The number of carboxylic acids is 1. The van der Waals surface area contributed by atoms with Crippen molar-refractivity contribution < 1.29 is 9.90 Å². The zero-order chi connectivity index (χ0) is 14.8. The van der Waals surface area contributed by atoms with E-state index in [-0.39, 0.29) is 17.9 Å². The monoisotopic (exact) mass is 308 g/mol. The molecule has 1 aliphatic heterocycles. The van der Waals surface area contributed by atoms with Crippen molar-refractivity contribution in [2.45, 2.75) is 25.8 Å². The molecule has 3 rings (SSSR count). The standard InChI is InChI=1S/C13H16N4O3S/c18-11-5-10(15-13-17(11)14-8-21-13)7-16-3-1-2-9(6-16)4-12(19)20/h5,8-9H,1-4,6-7H2,(H,19,20). The zero-order valence-corrected chi connectivity index (χ0v) is 12.3. The topological polar surface area (TPSA) is 87.8 Å². The van der Waals surface area contributed by atoms with Gasteiger partial charge in [-0.2, -0.15) is 9.61 Å². The van der Waals surface area contributed by atoms with E-state index in [1.807, 2.05) is 0 Å². The van der Waals surface area contributed by atoms with Gasteiger partial charge in [-0.25, -0.2) is 4.98 Å². The maximum atomic E-state index is 11.9. The van der Waals surface area contributed by atoms with Crippen LogP contribution in [0, 0.1) is 5.92 Å². The predicted molar refractivity (Wildman–Crippen MR) is 77.4 cm³/mol. The number of likely N-dealkylation sites (tertiary alicyclic amines) is 1. The van der Waals surface area contributed by atoms with E-state index in [2.05, 4.69) is 15.0 Å². The number of fused-ring (bicyclic) bond motifs is 1. The van der Waals surface area contributed by atoms with E-state index in [0.29, 0.717) is 11.5 Å². The van der Waals surface area contributed by atoms with Gasteiger partial charge >= 0.3 is 5.97 Å². The largest absolute Gasteiger partial charge is 0.481 e. The molecule has 0 aromatic carbocycles. The van der Waals surface area contributed by atoms with Crippen LogP contribution in [0.5, 0.6) is 0 Å². The number of carboxylic acid groups (broad SMARTS) is 1. The Morgan fingerprint density at radius 1 is 1.52 bits per heavy atom. The lowest BCUT2D eigenvalue weighted by Crippen LogP contribution is -2.36. The highest BCUT2D eigenvalue weighted by Gasteiger charge is 2.22. The van der Waals surface area contributed by atoms with Crippen LogP contribution in [0.15, 0.2) is 16.4 Å². The Kier molecular flexibility index (Phi) is 3.98. The van der Waals surface area contributed by atoms with Crippen molar-refractivity contribution in [2.24, 2.45) is 5.92 Å². The maximum Gasteiger partial charge on any atom is 0.303 e. The van der Waals surface area contributed by atoms with Crippen molar-refractivity contribution in [3.8, 4) is 0 Å². The molecule has 0 amide bonds. The van der Waals surface area contributed by atoms with Gasteiger partial charge in [-0.05, 0) is 25.3 Å². The summed E-state index contributed by atoms with van der Waals surface area (Å²) in [5.41, 5.74) is 2.15. The highest BCUT2D eigenvalue weighted by Crippen LogP contribution is 2.20. The summed E-state index contributed by atoms with van der Waals surface area (Å²) in [6.07, 6.45) is 2.15. The number of hydrogen-bond donors (Lipinski definition) is 1. The van der Waals surface area contributed by atoms with E-state index in [1.54, 1.807) is 5.51 Å². The summed E-state index contributed by atoms with van der Waals surface area (Å²) >= 11 is 1.33. The van der Waals surface area contributed by atoms with Gasteiger partial charge in [0.25, 0.3) is 5.56 Å². The van der Waals surface area contributed by atoms with Gasteiger partial charge in [-0.3, -0.25) is 14.5 Å². The number of aliphatic carboxylic acids is 1. The lowest BCUT2D eigenvalue weighted by molar-refractivity contribution is -0.138. The van der Waals surface area contributed by atoms with Gasteiger partial charge in [0.05, 0.1) is 5.69 Å². The summed E-state index contributed by atoms with van der Waals surface area (Å²) in [5.74, 6) is -0.561. The van der Waals surface area contributed by atoms with E-state index >= 15 is 0 Å². The first-order chi connectivity index (χ1) is 10.1.